The van der Waals surface area contributed by atoms with Gasteiger partial charge in [0.1, 0.15) is 17.6 Å². The van der Waals surface area contributed by atoms with Gasteiger partial charge in [0, 0.05) is 24.8 Å². The number of piperidine rings is 1. The number of carbonyl (C=O) groups excluding carboxylic acids is 1. The van der Waals surface area contributed by atoms with Crippen LogP contribution in [0.5, 0.6) is 5.75 Å². The molecule has 1 aliphatic heterocycles. The van der Waals surface area contributed by atoms with E-state index in [1.54, 1.807) is 30.3 Å². The van der Waals surface area contributed by atoms with Crippen molar-refractivity contribution in [2.75, 3.05) is 20.2 Å². The SMILES string of the molecule is COc1ccc(-c2cccc(C(=O)N3CCC(O)(Cn4cnn5cccc5c4=O)CC3)c2)cc1. The minimum absolute atomic E-state index is 0.0640. The van der Waals surface area contributed by atoms with E-state index in [9.17, 15) is 14.7 Å². The number of benzene rings is 2. The molecule has 1 aliphatic rings. The van der Waals surface area contributed by atoms with Crippen molar-refractivity contribution in [2.24, 2.45) is 0 Å². The number of hydrogen-bond donors (Lipinski definition) is 1. The van der Waals surface area contributed by atoms with Crippen molar-refractivity contribution in [1.29, 1.82) is 0 Å². The molecule has 8 nitrogen and oxygen atoms in total. The maximum absolute atomic E-state index is 13.2. The molecule has 34 heavy (non-hydrogen) atoms. The number of likely N-dealkylation sites (tertiary alicyclic amines) is 1. The highest BCUT2D eigenvalue weighted by Crippen LogP contribution is 2.27. The van der Waals surface area contributed by atoms with Gasteiger partial charge in [0.15, 0.2) is 0 Å². The number of methoxy groups -OCH3 is 1. The van der Waals surface area contributed by atoms with Crippen molar-refractivity contribution in [3.8, 4) is 16.9 Å². The highest BCUT2D eigenvalue weighted by Gasteiger charge is 2.35. The molecule has 8 heteroatoms. The maximum Gasteiger partial charge on any atom is 0.277 e. The van der Waals surface area contributed by atoms with Gasteiger partial charge >= 0.3 is 0 Å². The van der Waals surface area contributed by atoms with Crippen LogP contribution in [0.25, 0.3) is 16.6 Å². The first-order chi connectivity index (χ1) is 16.5. The molecule has 1 saturated heterocycles. The number of nitrogens with zero attached hydrogens (tertiary/aromatic N) is 4. The molecule has 0 bridgehead atoms. The van der Waals surface area contributed by atoms with E-state index in [4.69, 9.17) is 4.74 Å². The second-order valence-electron chi connectivity index (χ2n) is 8.73. The summed E-state index contributed by atoms with van der Waals surface area (Å²) in [6.45, 7) is 0.977. The molecule has 0 saturated carbocycles. The number of hydrogen-bond acceptors (Lipinski definition) is 5. The smallest absolute Gasteiger partial charge is 0.277 e. The predicted molar refractivity (Wildman–Crippen MR) is 128 cm³/mol. The van der Waals surface area contributed by atoms with Crippen molar-refractivity contribution < 1.29 is 14.6 Å². The third kappa shape index (κ3) is 4.20. The Morgan fingerprint density at radius 2 is 1.82 bits per heavy atom. The van der Waals surface area contributed by atoms with Gasteiger partial charge in [0.05, 0.1) is 19.3 Å². The quantitative estimate of drug-likeness (QED) is 0.497. The lowest BCUT2D eigenvalue weighted by atomic mass is 9.90. The average Bonchev–Trinajstić information content (AvgIpc) is 3.36. The molecule has 0 atom stereocenters. The summed E-state index contributed by atoms with van der Waals surface area (Å²) in [6.07, 6.45) is 3.93. The summed E-state index contributed by atoms with van der Waals surface area (Å²) in [7, 11) is 1.63. The summed E-state index contributed by atoms with van der Waals surface area (Å²) in [4.78, 5) is 27.6. The Balaban J connectivity index is 1.27. The van der Waals surface area contributed by atoms with Gasteiger partial charge in [-0.2, -0.15) is 5.10 Å². The zero-order valence-electron chi connectivity index (χ0n) is 18.9. The van der Waals surface area contributed by atoms with Gasteiger partial charge in [-0.05, 0) is 60.4 Å². The van der Waals surface area contributed by atoms with Gasteiger partial charge in [-0.3, -0.25) is 14.2 Å². The number of ether oxygens (including phenoxy) is 1. The Morgan fingerprint density at radius 3 is 2.56 bits per heavy atom. The first kappa shape index (κ1) is 21.9. The Hall–Kier alpha value is -3.91. The summed E-state index contributed by atoms with van der Waals surface area (Å²) in [5.41, 5.74) is 1.77. The van der Waals surface area contributed by atoms with E-state index < -0.39 is 5.60 Å². The van der Waals surface area contributed by atoms with E-state index in [1.807, 2.05) is 48.5 Å². The van der Waals surface area contributed by atoms with Crippen LogP contribution in [0.2, 0.25) is 0 Å². The van der Waals surface area contributed by atoms with Crippen LogP contribution in [-0.2, 0) is 6.54 Å². The van der Waals surface area contributed by atoms with Crippen molar-refractivity contribution in [3.05, 3.63) is 89.1 Å². The van der Waals surface area contributed by atoms with Crippen molar-refractivity contribution in [1.82, 2.24) is 19.1 Å². The van der Waals surface area contributed by atoms with Crippen LogP contribution in [-0.4, -0.2) is 55.9 Å². The summed E-state index contributed by atoms with van der Waals surface area (Å²) in [6, 6.07) is 18.7. The minimum atomic E-state index is -1.07. The fourth-order valence-electron chi connectivity index (χ4n) is 4.47. The second-order valence-corrected chi connectivity index (χ2v) is 8.73. The molecule has 4 aromatic rings. The van der Waals surface area contributed by atoms with E-state index in [2.05, 4.69) is 5.10 Å². The van der Waals surface area contributed by atoms with Crippen molar-refractivity contribution in [2.45, 2.75) is 25.0 Å². The lowest BCUT2D eigenvalue weighted by Gasteiger charge is -2.38. The normalized spacial score (nSPS) is 15.4. The number of rotatable bonds is 5. The highest BCUT2D eigenvalue weighted by atomic mass is 16.5. The fraction of sp³-hybridized carbons (Fsp3) is 0.269. The predicted octanol–water partition coefficient (Wildman–Crippen LogP) is 2.84. The minimum Gasteiger partial charge on any atom is -0.497 e. The van der Waals surface area contributed by atoms with Crippen LogP contribution in [0.4, 0.5) is 0 Å². The van der Waals surface area contributed by atoms with E-state index in [0.717, 1.165) is 16.9 Å². The molecule has 3 heterocycles. The average molecular weight is 459 g/mol. The van der Waals surface area contributed by atoms with Gasteiger partial charge in [-0.1, -0.05) is 24.3 Å². The van der Waals surface area contributed by atoms with Gasteiger partial charge in [-0.15, -0.1) is 0 Å². The van der Waals surface area contributed by atoms with E-state index in [0.29, 0.717) is 37.0 Å². The van der Waals surface area contributed by atoms with Crippen LogP contribution in [0.1, 0.15) is 23.2 Å². The Kier molecular flexibility index (Phi) is 5.67. The zero-order chi connectivity index (χ0) is 23.7. The molecule has 5 rings (SSSR count). The lowest BCUT2D eigenvalue weighted by Crippen LogP contribution is -2.49. The molecule has 0 unspecified atom stereocenters. The molecule has 174 valence electrons. The third-order valence-electron chi connectivity index (χ3n) is 6.50. The molecule has 0 spiro atoms. The molecule has 2 aromatic carbocycles. The molecule has 0 aliphatic carbocycles. The first-order valence-electron chi connectivity index (χ1n) is 11.2. The second kappa shape index (κ2) is 8.79. The Morgan fingerprint density at radius 1 is 1.06 bits per heavy atom. The number of aliphatic hydroxyl groups is 1. The van der Waals surface area contributed by atoms with Crippen molar-refractivity contribution >= 4 is 11.4 Å². The van der Waals surface area contributed by atoms with Crippen LogP contribution < -0.4 is 10.3 Å². The summed E-state index contributed by atoms with van der Waals surface area (Å²) in [5.74, 6) is 0.717. The maximum atomic E-state index is 13.2. The van der Waals surface area contributed by atoms with E-state index in [1.165, 1.54) is 15.4 Å². The van der Waals surface area contributed by atoms with E-state index >= 15 is 0 Å². The monoisotopic (exact) mass is 458 g/mol. The van der Waals surface area contributed by atoms with Gasteiger partial charge in [0.2, 0.25) is 0 Å². The third-order valence-corrected chi connectivity index (χ3v) is 6.50. The Labute approximate surface area is 196 Å². The number of amides is 1. The molecule has 0 radical (unpaired) electrons. The van der Waals surface area contributed by atoms with Crippen LogP contribution >= 0.6 is 0 Å². The number of carbonyl (C=O) groups is 1. The van der Waals surface area contributed by atoms with Crippen LogP contribution in [0, 0.1) is 0 Å². The zero-order valence-corrected chi connectivity index (χ0v) is 18.9. The molecular weight excluding hydrogens is 432 g/mol. The van der Waals surface area contributed by atoms with Gasteiger partial charge < -0.3 is 14.7 Å². The first-order valence-corrected chi connectivity index (χ1v) is 11.2. The molecule has 1 fully saturated rings. The molecule has 1 N–H and O–H groups in total. The van der Waals surface area contributed by atoms with Gasteiger partial charge in [0.25, 0.3) is 11.5 Å². The topological polar surface area (TPSA) is 89.1 Å². The fourth-order valence-corrected chi connectivity index (χ4v) is 4.47. The number of fused-ring (bicyclic) bond motifs is 1. The molecule has 2 aromatic heterocycles. The standard InChI is InChI=1S/C26H26N4O4/c1-34-22-9-7-19(8-10-22)20-4-2-5-21(16-20)24(31)28-14-11-26(33,12-15-28)17-29-18-27-30-13-3-6-23(30)25(29)32/h2-10,13,16,18,33H,11-12,14-15,17H2,1H3. The molecular formula is C26H26N4O4. The largest absolute Gasteiger partial charge is 0.497 e. The van der Waals surface area contributed by atoms with E-state index in [-0.39, 0.29) is 18.0 Å². The lowest BCUT2D eigenvalue weighted by molar-refractivity contribution is -0.0300. The van der Waals surface area contributed by atoms with Crippen LogP contribution in [0.15, 0.2) is 78.0 Å². The number of aromatic nitrogens is 3. The Bertz CT molecular complexity index is 1380. The summed E-state index contributed by atoms with van der Waals surface area (Å²) >= 11 is 0. The summed E-state index contributed by atoms with van der Waals surface area (Å²) < 4.78 is 8.19. The molecule has 1 amide bonds. The van der Waals surface area contributed by atoms with Crippen molar-refractivity contribution in [3.63, 3.8) is 0 Å². The van der Waals surface area contributed by atoms with Crippen LogP contribution in [0.3, 0.4) is 0 Å². The van der Waals surface area contributed by atoms with Gasteiger partial charge in [-0.25, -0.2) is 4.52 Å². The highest BCUT2D eigenvalue weighted by molar-refractivity contribution is 5.95. The summed E-state index contributed by atoms with van der Waals surface area (Å²) in [5, 5.41) is 15.4.